The van der Waals surface area contributed by atoms with Crippen molar-refractivity contribution in [3.63, 3.8) is 0 Å². The quantitative estimate of drug-likeness (QED) is 0.327. The molecule has 0 N–H and O–H groups in total. The zero-order chi connectivity index (χ0) is 12.7. The Balaban J connectivity index is 2.43. The Labute approximate surface area is 97.5 Å². The van der Waals surface area contributed by atoms with E-state index < -0.39 is 5.91 Å². The Kier molecular flexibility index (Phi) is 4.90. The predicted octanol–water partition coefficient (Wildman–Crippen LogP) is 2.43. The number of carbonyl (C=O) groups excluding carboxylic acids is 2. The van der Waals surface area contributed by atoms with E-state index in [2.05, 4.69) is 15.0 Å². The van der Waals surface area contributed by atoms with Crippen molar-refractivity contribution in [2.75, 3.05) is 0 Å². The lowest BCUT2D eigenvalue weighted by Crippen LogP contribution is -1.95. The molecule has 1 aromatic heterocycles. The number of ketones is 1. The minimum absolute atomic E-state index is 0.00404. The summed E-state index contributed by atoms with van der Waals surface area (Å²) in [4.78, 5) is 28.0. The van der Waals surface area contributed by atoms with Gasteiger partial charge in [-0.05, 0) is 30.4 Å². The largest absolute Gasteiger partial charge is 0.448 e. The van der Waals surface area contributed by atoms with Crippen molar-refractivity contribution < 1.29 is 14.0 Å². The third kappa shape index (κ3) is 4.48. The van der Waals surface area contributed by atoms with E-state index in [9.17, 15) is 9.59 Å². The standard InChI is InChI=1S/C10H12N4O3/c1-7(15)4-2-3-5-9-12-8(6-17-9)10(16)13-14-11/h6H,2-5H2,1H3. The fourth-order valence-electron chi connectivity index (χ4n) is 1.27. The molecule has 7 nitrogen and oxygen atoms in total. The molecule has 7 heteroatoms. The summed E-state index contributed by atoms with van der Waals surface area (Å²) in [7, 11) is 0. The summed E-state index contributed by atoms with van der Waals surface area (Å²) in [6.07, 6.45) is 3.77. The van der Waals surface area contributed by atoms with Gasteiger partial charge >= 0.3 is 0 Å². The van der Waals surface area contributed by atoms with Crippen LogP contribution in [0.3, 0.4) is 0 Å². The van der Waals surface area contributed by atoms with Crippen molar-refractivity contribution in [2.24, 2.45) is 5.11 Å². The van der Waals surface area contributed by atoms with Crippen LogP contribution >= 0.6 is 0 Å². The first-order valence-electron chi connectivity index (χ1n) is 5.16. The van der Waals surface area contributed by atoms with Crippen LogP contribution in [0.5, 0.6) is 0 Å². The van der Waals surface area contributed by atoms with E-state index in [1.807, 2.05) is 0 Å². The van der Waals surface area contributed by atoms with E-state index in [4.69, 9.17) is 9.95 Å². The molecular weight excluding hydrogens is 224 g/mol. The number of hydrogen-bond acceptors (Lipinski definition) is 4. The fraction of sp³-hybridized carbons (Fsp3) is 0.500. The number of azide groups is 1. The van der Waals surface area contributed by atoms with Gasteiger partial charge in [-0.3, -0.25) is 4.79 Å². The summed E-state index contributed by atoms with van der Waals surface area (Å²) < 4.78 is 5.04. The molecular formula is C10H12N4O3. The molecule has 0 bridgehead atoms. The van der Waals surface area contributed by atoms with Gasteiger partial charge in [0.1, 0.15) is 12.0 Å². The molecule has 1 aromatic rings. The Morgan fingerprint density at radius 2 is 2.29 bits per heavy atom. The highest BCUT2D eigenvalue weighted by atomic mass is 16.3. The summed E-state index contributed by atoms with van der Waals surface area (Å²) in [6.45, 7) is 1.54. The monoisotopic (exact) mass is 236 g/mol. The zero-order valence-electron chi connectivity index (χ0n) is 9.42. The van der Waals surface area contributed by atoms with Crippen LogP contribution in [-0.2, 0) is 11.2 Å². The molecule has 0 atom stereocenters. The van der Waals surface area contributed by atoms with Crippen molar-refractivity contribution in [3.05, 3.63) is 28.3 Å². The summed E-state index contributed by atoms with van der Waals surface area (Å²) in [6, 6.07) is 0. The van der Waals surface area contributed by atoms with Crippen molar-refractivity contribution >= 4 is 11.7 Å². The molecule has 17 heavy (non-hydrogen) atoms. The summed E-state index contributed by atoms with van der Waals surface area (Å²) in [5.74, 6) is -0.201. The van der Waals surface area contributed by atoms with E-state index in [1.165, 1.54) is 0 Å². The molecule has 1 heterocycles. The highest BCUT2D eigenvalue weighted by Crippen LogP contribution is 2.08. The maximum Gasteiger partial charge on any atom is 0.270 e. The topological polar surface area (TPSA) is 109 Å². The number of rotatable bonds is 6. The highest BCUT2D eigenvalue weighted by Gasteiger charge is 2.10. The Hall–Kier alpha value is -2.14. The summed E-state index contributed by atoms with van der Waals surface area (Å²) in [5.41, 5.74) is 8.08. The summed E-state index contributed by atoms with van der Waals surface area (Å²) in [5, 5.41) is 2.90. The number of carbonyl (C=O) groups is 2. The Bertz CT molecular complexity index is 460. The van der Waals surface area contributed by atoms with Crippen LogP contribution in [0.2, 0.25) is 0 Å². The van der Waals surface area contributed by atoms with E-state index in [-0.39, 0.29) is 11.5 Å². The van der Waals surface area contributed by atoms with Gasteiger partial charge in [-0.1, -0.05) is 0 Å². The first-order valence-corrected chi connectivity index (χ1v) is 5.16. The molecule has 0 aromatic carbocycles. The lowest BCUT2D eigenvalue weighted by atomic mass is 10.1. The normalized spacial score (nSPS) is 9.71. The number of hydrogen-bond donors (Lipinski definition) is 0. The number of aromatic nitrogens is 1. The second kappa shape index (κ2) is 6.44. The van der Waals surface area contributed by atoms with Gasteiger partial charge in [0.25, 0.3) is 5.91 Å². The van der Waals surface area contributed by atoms with Crippen LogP contribution in [0.25, 0.3) is 10.4 Å². The van der Waals surface area contributed by atoms with Crippen molar-refractivity contribution in [1.29, 1.82) is 0 Å². The van der Waals surface area contributed by atoms with Gasteiger partial charge in [0, 0.05) is 17.8 Å². The van der Waals surface area contributed by atoms with Crippen LogP contribution in [0.4, 0.5) is 0 Å². The number of unbranched alkanes of at least 4 members (excludes halogenated alkanes) is 1. The molecule has 0 spiro atoms. The number of amides is 1. The van der Waals surface area contributed by atoms with Gasteiger partial charge in [0.05, 0.1) is 0 Å². The smallest absolute Gasteiger partial charge is 0.270 e. The van der Waals surface area contributed by atoms with Gasteiger partial charge < -0.3 is 9.21 Å². The van der Waals surface area contributed by atoms with Crippen LogP contribution in [-0.4, -0.2) is 16.7 Å². The van der Waals surface area contributed by atoms with Crippen molar-refractivity contribution in [2.45, 2.75) is 32.6 Å². The number of Topliss-reactive ketones (excluding diaryl/α,β-unsaturated/α-hetero) is 1. The number of aryl methyl sites for hydroxylation is 1. The summed E-state index contributed by atoms with van der Waals surface area (Å²) >= 11 is 0. The molecule has 1 rings (SSSR count). The van der Waals surface area contributed by atoms with E-state index in [0.717, 1.165) is 19.1 Å². The Morgan fingerprint density at radius 1 is 1.53 bits per heavy atom. The van der Waals surface area contributed by atoms with Gasteiger partial charge in [0.2, 0.25) is 0 Å². The van der Waals surface area contributed by atoms with Crippen LogP contribution in [0, 0.1) is 0 Å². The first-order chi connectivity index (χ1) is 8.13. The van der Waals surface area contributed by atoms with Crippen LogP contribution in [0.15, 0.2) is 15.8 Å². The average Bonchev–Trinajstić information content (AvgIpc) is 2.73. The molecule has 0 fully saturated rings. The fourth-order valence-corrected chi connectivity index (χ4v) is 1.27. The zero-order valence-corrected chi connectivity index (χ0v) is 9.42. The molecule has 0 aliphatic rings. The van der Waals surface area contributed by atoms with E-state index in [1.54, 1.807) is 6.92 Å². The number of nitrogens with zero attached hydrogens (tertiary/aromatic N) is 4. The third-order valence-corrected chi connectivity index (χ3v) is 2.08. The molecule has 1 amide bonds. The van der Waals surface area contributed by atoms with Gasteiger partial charge in [0.15, 0.2) is 11.6 Å². The van der Waals surface area contributed by atoms with Crippen LogP contribution in [0.1, 0.15) is 42.6 Å². The molecule has 0 radical (unpaired) electrons. The highest BCUT2D eigenvalue weighted by molar-refractivity contribution is 5.92. The molecule has 0 saturated carbocycles. The van der Waals surface area contributed by atoms with Crippen LogP contribution < -0.4 is 0 Å². The van der Waals surface area contributed by atoms with Gasteiger partial charge in [-0.2, -0.15) is 0 Å². The van der Waals surface area contributed by atoms with Gasteiger partial charge in [-0.15, -0.1) is 0 Å². The van der Waals surface area contributed by atoms with Crippen molar-refractivity contribution in [3.8, 4) is 0 Å². The van der Waals surface area contributed by atoms with Crippen molar-refractivity contribution in [1.82, 2.24) is 4.98 Å². The molecule has 90 valence electrons. The molecule has 0 aliphatic carbocycles. The predicted molar refractivity (Wildman–Crippen MR) is 58.2 cm³/mol. The van der Waals surface area contributed by atoms with E-state index >= 15 is 0 Å². The third-order valence-electron chi connectivity index (χ3n) is 2.08. The second-order valence-corrected chi connectivity index (χ2v) is 3.53. The molecule has 0 saturated heterocycles. The molecule has 0 unspecified atom stereocenters. The Morgan fingerprint density at radius 3 is 2.94 bits per heavy atom. The second-order valence-electron chi connectivity index (χ2n) is 3.53. The van der Waals surface area contributed by atoms with Gasteiger partial charge in [-0.25, -0.2) is 4.98 Å². The van der Waals surface area contributed by atoms with E-state index in [0.29, 0.717) is 18.7 Å². The minimum Gasteiger partial charge on any atom is -0.448 e. The minimum atomic E-state index is -0.758. The molecule has 0 aliphatic heterocycles. The maximum absolute atomic E-state index is 11.1. The lowest BCUT2D eigenvalue weighted by molar-refractivity contribution is -0.117. The average molecular weight is 236 g/mol. The number of oxazole rings is 1. The first kappa shape index (κ1) is 12.9. The maximum atomic E-state index is 11.1. The lowest BCUT2D eigenvalue weighted by Gasteiger charge is -1.94. The SMILES string of the molecule is CC(=O)CCCCc1nc(C(=O)N=[N+]=[N-])co1.